The van der Waals surface area contributed by atoms with E-state index in [4.69, 9.17) is 11.5 Å². The van der Waals surface area contributed by atoms with E-state index >= 15 is 0 Å². The Morgan fingerprint density at radius 2 is 2.22 bits per heavy atom. The molecule has 7 heteroatoms. The van der Waals surface area contributed by atoms with Crippen LogP contribution in [0.4, 0.5) is 4.39 Å². The van der Waals surface area contributed by atoms with E-state index < -0.39 is 0 Å². The van der Waals surface area contributed by atoms with E-state index in [9.17, 15) is 4.39 Å². The summed E-state index contributed by atoms with van der Waals surface area (Å²) in [5.41, 5.74) is 11.5. The van der Waals surface area contributed by atoms with Crippen molar-refractivity contribution in [1.82, 2.24) is 9.78 Å². The van der Waals surface area contributed by atoms with Crippen LogP contribution in [0.5, 0.6) is 0 Å². The molecule has 1 aromatic heterocycles. The maximum Gasteiger partial charge on any atom is 0.211 e. The van der Waals surface area contributed by atoms with Crippen LogP contribution in [0.2, 0.25) is 0 Å². The molecule has 0 saturated heterocycles. The summed E-state index contributed by atoms with van der Waals surface area (Å²) >= 11 is 0. The largest absolute Gasteiger partial charge is 0.369 e. The second-order valence-electron chi connectivity index (χ2n) is 3.42. The first kappa shape index (κ1) is 11.8. The molecule has 2 rings (SSSR count). The van der Waals surface area contributed by atoms with Gasteiger partial charge in [-0.05, 0) is 24.3 Å². The Hall–Kier alpha value is -2.70. The summed E-state index contributed by atoms with van der Waals surface area (Å²) in [6.07, 6.45) is 4.73. The van der Waals surface area contributed by atoms with Gasteiger partial charge in [0.2, 0.25) is 5.96 Å². The van der Waals surface area contributed by atoms with Gasteiger partial charge in [0, 0.05) is 18.0 Å². The van der Waals surface area contributed by atoms with Crippen LogP contribution in [-0.2, 0) is 0 Å². The van der Waals surface area contributed by atoms with E-state index in [0.29, 0.717) is 11.3 Å². The van der Waals surface area contributed by atoms with Crippen LogP contribution in [0, 0.1) is 5.82 Å². The molecule has 0 amide bonds. The van der Waals surface area contributed by atoms with Crippen molar-refractivity contribution in [2.45, 2.75) is 0 Å². The van der Waals surface area contributed by atoms with Gasteiger partial charge in [-0.3, -0.25) is 0 Å². The van der Waals surface area contributed by atoms with Gasteiger partial charge in [-0.1, -0.05) is 0 Å². The van der Waals surface area contributed by atoms with Gasteiger partial charge < -0.3 is 11.5 Å². The number of rotatable bonds is 3. The van der Waals surface area contributed by atoms with E-state index in [-0.39, 0.29) is 11.8 Å². The van der Waals surface area contributed by atoms with Crippen LogP contribution in [-0.4, -0.2) is 22.0 Å². The lowest BCUT2D eigenvalue weighted by atomic mass is 10.2. The molecule has 0 bridgehead atoms. The molecule has 1 heterocycles. The van der Waals surface area contributed by atoms with Crippen LogP contribution >= 0.6 is 0 Å². The van der Waals surface area contributed by atoms with Crippen molar-refractivity contribution in [1.29, 1.82) is 0 Å². The molecule has 0 aliphatic rings. The first-order chi connectivity index (χ1) is 8.66. The van der Waals surface area contributed by atoms with E-state index in [1.54, 1.807) is 29.2 Å². The van der Waals surface area contributed by atoms with Crippen LogP contribution in [0.25, 0.3) is 5.69 Å². The summed E-state index contributed by atoms with van der Waals surface area (Å²) in [6, 6.07) is 6.02. The highest BCUT2D eigenvalue weighted by Crippen LogP contribution is 2.13. The lowest BCUT2D eigenvalue weighted by Crippen LogP contribution is -2.21. The third-order valence-corrected chi connectivity index (χ3v) is 2.11. The highest BCUT2D eigenvalue weighted by Gasteiger charge is 2.04. The SMILES string of the molecule is NC(N)=NN=Cc1cc(F)ccc1-n1cccn1. The summed E-state index contributed by atoms with van der Waals surface area (Å²) in [6.45, 7) is 0. The van der Waals surface area contributed by atoms with Gasteiger partial charge in [0.1, 0.15) is 5.82 Å². The van der Waals surface area contributed by atoms with Crippen LogP contribution in [0.1, 0.15) is 5.56 Å². The fraction of sp³-hybridized carbons (Fsp3) is 0. The van der Waals surface area contributed by atoms with Gasteiger partial charge in [-0.2, -0.15) is 10.2 Å². The molecule has 0 unspecified atom stereocenters. The minimum Gasteiger partial charge on any atom is -0.369 e. The van der Waals surface area contributed by atoms with Crippen LogP contribution in [0.15, 0.2) is 46.9 Å². The van der Waals surface area contributed by atoms with E-state index in [2.05, 4.69) is 15.3 Å². The zero-order valence-corrected chi connectivity index (χ0v) is 9.36. The number of aromatic nitrogens is 2. The molecule has 0 saturated carbocycles. The summed E-state index contributed by atoms with van der Waals surface area (Å²) in [4.78, 5) is 0. The molecule has 1 aromatic carbocycles. The molecule has 0 aliphatic heterocycles. The normalized spacial score (nSPS) is 10.7. The lowest BCUT2D eigenvalue weighted by Gasteiger charge is -2.05. The van der Waals surface area contributed by atoms with E-state index in [1.165, 1.54) is 18.3 Å². The summed E-state index contributed by atoms with van der Waals surface area (Å²) in [5.74, 6) is -0.541. The Morgan fingerprint density at radius 1 is 1.39 bits per heavy atom. The van der Waals surface area contributed by atoms with Crippen molar-refractivity contribution in [2.24, 2.45) is 21.7 Å². The number of nitrogens with zero attached hydrogens (tertiary/aromatic N) is 4. The topological polar surface area (TPSA) is 94.6 Å². The number of hydrogen-bond donors (Lipinski definition) is 2. The average molecular weight is 246 g/mol. The molecule has 4 N–H and O–H groups in total. The third kappa shape index (κ3) is 2.70. The quantitative estimate of drug-likeness (QED) is 0.472. The Balaban J connectivity index is 2.42. The van der Waals surface area contributed by atoms with E-state index in [0.717, 1.165) is 0 Å². The predicted octanol–water partition coefficient (Wildman–Crippen LogP) is 0.619. The Kier molecular flexibility index (Phi) is 3.33. The molecule has 0 fully saturated rings. The smallest absolute Gasteiger partial charge is 0.211 e. The standard InChI is InChI=1S/C11H11FN6/c12-9-2-3-10(18-5-1-4-16-18)8(6-9)7-15-17-11(13)14/h1-7H,(H4,13,14,17). The molecular weight excluding hydrogens is 235 g/mol. The van der Waals surface area contributed by atoms with Gasteiger partial charge in [0.05, 0.1) is 11.9 Å². The van der Waals surface area contributed by atoms with Crippen molar-refractivity contribution >= 4 is 12.2 Å². The molecule has 0 radical (unpaired) electrons. The number of hydrogen-bond acceptors (Lipinski definition) is 3. The maximum absolute atomic E-state index is 13.2. The Morgan fingerprint density at radius 3 is 2.89 bits per heavy atom. The fourth-order valence-corrected chi connectivity index (χ4v) is 1.41. The molecule has 2 aromatic rings. The second-order valence-corrected chi connectivity index (χ2v) is 3.42. The zero-order chi connectivity index (χ0) is 13.0. The van der Waals surface area contributed by atoms with Crippen molar-refractivity contribution in [2.75, 3.05) is 0 Å². The molecule has 6 nitrogen and oxygen atoms in total. The average Bonchev–Trinajstić information content (AvgIpc) is 2.82. The van der Waals surface area contributed by atoms with Gasteiger partial charge in [0.15, 0.2) is 0 Å². The predicted molar refractivity (Wildman–Crippen MR) is 66.9 cm³/mol. The molecular formula is C11H11FN6. The Bertz CT molecular complexity index is 584. The molecule has 0 spiro atoms. The molecule has 0 atom stereocenters. The lowest BCUT2D eigenvalue weighted by molar-refractivity contribution is 0.626. The Labute approximate surface area is 102 Å². The van der Waals surface area contributed by atoms with Gasteiger partial charge in [-0.25, -0.2) is 9.07 Å². The van der Waals surface area contributed by atoms with Crippen molar-refractivity contribution in [3.8, 4) is 5.69 Å². The summed E-state index contributed by atoms with van der Waals surface area (Å²) < 4.78 is 14.8. The first-order valence-corrected chi connectivity index (χ1v) is 5.08. The molecule has 92 valence electrons. The van der Waals surface area contributed by atoms with Crippen molar-refractivity contribution in [3.05, 3.63) is 48.0 Å². The van der Waals surface area contributed by atoms with Crippen molar-refractivity contribution in [3.63, 3.8) is 0 Å². The fourth-order valence-electron chi connectivity index (χ4n) is 1.41. The minimum absolute atomic E-state index is 0.164. The van der Waals surface area contributed by atoms with E-state index in [1.807, 2.05) is 0 Å². The number of benzene rings is 1. The zero-order valence-electron chi connectivity index (χ0n) is 9.36. The first-order valence-electron chi connectivity index (χ1n) is 5.08. The van der Waals surface area contributed by atoms with Crippen LogP contribution in [0.3, 0.4) is 0 Å². The van der Waals surface area contributed by atoms with Gasteiger partial charge in [-0.15, -0.1) is 5.10 Å². The number of nitrogens with two attached hydrogens (primary N) is 2. The monoisotopic (exact) mass is 246 g/mol. The van der Waals surface area contributed by atoms with Crippen LogP contribution < -0.4 is 11.5 Å². The summed E-state index contributed by atoms with van der Waals surface area (Å²) in [7, 11) is 0. The van der Waals surface area contributed by atoms with Crippen molar-refractivity contribution < 1.29 is 4.39 Å². The highest BCUT2D eigenvalue weighted by molar-refractivity contribution is 5.85. The molecule has 18 heavy (non-hydrogen) atoms. The minimum atomic E-state index is -0.378. The summed E-state index contributed by atoms with van der Waals surface area (Å²) in [5, 5.41) is 11.2. The third-order valence-electron chi connectivity index (χ3n) is 2.11. The molecule has 0 aliphatic carbocycles. The number of halogens is 1. The second kappa shape index (κ2) is 5.09. The van der Waals surface area contributed by atoms with Gasteiger partial charge in [0.25, 0.3) is 0 Å². The maximum atomic E-state index is 13.2. The highest BCUT2D eigenvalue weighted by atomic mass is 19.1. The van der Waals surface area contributed by atoms with Gasteiger partial charge >= 0.3 is 0 Å². The number of guanidine groups is 1.